The molecule has 2 atom stereocenters. The molecule has 1 saturated carbocycles. The van der Waals surface area contributed by atoms with Crippen molar-refractivity contribution in [2.24, 2.45) is 11.7 Å². The first-order chi connectivity index (χ1) is 12.2. The lowest BCUT2D eigenvalue weighted by molar-refractivity contribution is -0.137. The van der Waals surface area contributed by atoms with Crippen molar-refractivity contribution in [1.82, 2.24) is 9.80 Å². The second-order valence-electron chi connectivity index (χ2n) is 7.51. The van der Waals surface area contributed by atoms with Crippen LogP contribution in [0.5, 0.6) is 0 Å². The molecule has 2 N–H and O–H groups in total. The maximum atomic E-state index is 12.6. The minimum Gasteiger partial charge on any atom is -0.340 e. The average molecular weight is 410 g/mol. The van der Waals surface area contributed by atoms with Crippen LogP contribution in [0, 0.1) is 5.92 Å². The lowest BCUT2D eigenvalue weighted by Gasteiger charge is -2.36. The summed E-state index contributed by atoms with van der Waals surface area (Å²) in [7, 11) is 0. The fourth-order valence-electron chi connectivity index (χ4n) is 4.30. The molecular formula is C21H29Cl2N3O. The summed E-state index contributed by atoms with van der Waals surface area (Å²) in [6.07, 6.45) is 2.84. The Bertz CT molecular complexity index is 757. The zero-order chi connectivity index (χ0) is 17.2. The highest BCUT2D eigenvalue weighted by atomic mass is 35.5. The van der Waals surface area contributed by atoms with E-state index in [0.29, 0.717) is 5.91 Å². The molecule has 0 radical (unpaired) electrons. The van der Waals surface area contributed by atoms with Gasteiger partial charge in [0, 0.05) is 44.7 Å². The van der Waals surface area contributed by atoms with Crippen molar-refractivity contribution in [3.05, 3.63) is 48.0 Å². The summed E-state index contributed by atoms with van der Waals surface area (Å²) < 4.78 is 0. The van der Waals surface area contributed by atoms with Gasteiger partial charge in [-0.1, -0.05) is 42.5 Å². The van der Waals surface area contributed by atoms with Gasteiger partial charge in [0.15, 0.2) is 0 Å². The molecule has 0 bridgehead atoms. The van der Waals surface area contributed by atoms with Gasteiger partial charge in [-0.25, -0.2) is 0 Å². The summed E-state index contributed by atoms with van der Waals surface area (Å²) in [5.41, 5.74) is 7.34. The fraction of sp³-hybridized carbons (Fsp3) is 0.476. The average Bonchev–Trinajstić information content (AvgIpc) is 3.08. The molecule has 1 saturated heterocycles. The van der Waals surface area contributed by atoms with Crippen molar-refractivity contribution < 1.29 is 4.79 Å². The van der Waals surface area contributed by atoms with E-state index in [-0.39, 0.29) is 36.8 Å². The molecule has 148 valence electrons. The van der Waals surface area contributed by atoms with Crippen molar-refractivity contribution in [2.75, 3.05) is 26.2 Å². The van der Waals surface area contributed by atoms with E-state index in [2.05, 4.69) is 52.3 Å². The van der Waals surface area contributed by atoms with Crippen molar-refractivity contribution in [3.63, 3.8) is 0 Å². The quantitative estimate of drug-likeness (QED) is 0.843. The molecule has 1 amide bonds. The van der Waals surface area contributed by atoms with E-state index in [4.69, 9.17) is 5.73 Å². The van der Waals surface area contributed by atoms with Crippen LogP contribution in [-0.4, -0.2) is 47.9 Å². The van der Waals surface area contributed by atoms with E-state index >= 15 is 0 Å². The lowest BCUT2D eigenvalue weighted by Crippen LogP contribution is -2.49. The van der Waals surface area contributed by atoms with Gasteiger partial charge < -0.3 is 10.6 Å². The van der Waals surface area contributed by atoms with Crippen LogP contribution in [0.1, 0.15) is 24.8 Å². The number of carbonyl (C=O) groups is 1. The monoisotopic (exact) mass is 409 g/mol. The Labute approximate surface area is 173 Å². The molecular weight excluding hydrogens is 381 g/mol. The van der Waals surface area contributed by atoms with E-state index in [0.717, 1.165) is 52.0 Å². The number of fused-ring (bicyclic) bond motifs is 1. The number of nitrogens with two attached hydrogens (primary N) is 1. The molecule has 2 aromatic carbocycles. The number of piperazine rings is 1. The van der Waals surface area contributed by atoms with Gasteiger partial charge in [0.2, 0.25) is 5.91 Å². The first-order valence-corrected chi connectivity index (χ1v) is 9.44. The molecule has 0 aromatic heterocycles. The van der Waals surface area contributed by atoms with E-state index in [9.17, 15) is 4.79 Å². The maximum absolute atomic E-state index is 12.6. The highest BCUT2D eigenvalue weighted by molar-refractivity contribution is 5.86. The van der Waals surface area contributed by atoms with Crippen LogP contribution in [0.15, 0.2) is 42.5 Å². The minimum atomic E-state index is 0. The number of hydrogen-bond acceptors (Lipinski definition) is 3. The molecule has 4 nitrogen and oxygen atoms in total. The Balaban J connectivity index is 0.00000131. The van der Waals surface area contributed by atoms with Gasteiger partial charge in [-0.15, -0.1) is 24.8 Å². The summed E-state index contributed by atoms with van der Waals surface area (Å²) in [5, 5.41) is 2.63. The lowest BCUT2D eigenvalue weighted by atomic mass is 10.0. The molecule has 27 heavy (non-hydrogen) atoms. The third-order valence-corrected chi connectivity index (χ3v) is 5.78. The van der Waals surface area contributed by atoms with Crippen molar-refractivity contribution in [3.8, 4) is 0 Å². The largest absolute Gasteiger partial charge is 0.340 e. The highest BCUT2D eigenvalue weighted by Gasteiger charge is 2.32. The topological polar surface area (TPSA) is 49.6 Å². The van der Waals surface area contributed by atoms with Crippen molar-refractivity contribution in [2.45, 2.75) is 31.8 Å². The Morgan fingerprint density at radius 2 is 1.67 bits per heavy atom. The first kappa shape index (κ1) is 22.0. The van der Waals surface area contributed by atoms with Crippen LogP contribution in [0.4, 0.5) is 0 Å². The van der Waals surface area contributed by atoms with Crippen LogP contribution in [0.3, 0.4) is 0 Å². The first-order valence-electron chi connectivity index (χ1n) is 9.44. The summed E-state index contributed by atoms with van der Waals surface area (Å²) in [6, 6.07) is 15.3. The van der Waals surface area contributed by atoms with Crippen LogP contribution in [0.2, 0.25) is 0 Å². The molecule has 2 aliphatic rings. The van der Waals surface area contributed by atoms with Gasteiger partial charge in [0.05, 0.1) is 0 Å². The highest BCUT2D eigenvalue weighted by Crippen LogP contribution is 2.27. The normalized spacial score (nSPS) is 22.9. The molecule has 1 aliphatic heterocycles. The third kappa shape index (κ3) is 4.94. The predicted molar refractivity (Wildman–Crippen MR) is 116 cm³/mol. The fourth-order valence-corrected chi connectivity index (χ4v) is 4.30. The van der Waals surface area contributed by atoms with Gasteiger partial charge in [0.1, 0.15) is 0 Å². The van der Waals surface area contributed by atoms with Gasteiger partial charge in [0.25, 0.3) is 0 Å². The number of benzene rings is 2. The Hall–Kier alpha value is -1.33. The Kier molecular flexibility index (Phi) is 7.92. The molecule has 1 heterocycles. The minimum absolute atomic E-state index is 0. The number of halogens is 2. The Morgan fingerprint density at radius 1 is 0.963 bits per heavy atom. The molecule has 2 aromatic rings. The van der Waals surface area contributed by atoms with E-state index in [1.807, 2.05) is 0 Å². The standard InChI is InChI=1S/C21H27N3O.2ClH/c22-19-9-8-17(14-19)21(25)24-12-10-23(11-13-24)15-18-6-3-5-16-4-1-2-7-20(16)18;;/h1-7,17,19H,8-15,22H2;2*1H. The van der Waals surface area contributed by atoms with Crippen LogP contribution < -0.4 is 5.73 Å². The summed E-state index contributed by atoms with van der Waals surface area (Å²) in [4.78, 5) is 17.2. The molecule has 6 heteroatoms. The predicted octanol–water partition coefficient (Wildman–Crippen LogP) is 3.46. The number of carbonyl (C=O) groups excluding carboxylic acids is 1. The van der Waals surface area contributed by atoms with Gasteiger partial charge in [-0.3, -0.25) is 9.69 Å². The van der Waals surface area contributed by atoms with Gasteiger partial charge >= 0.3 is 0 Å². The SMILES string of the molecule is Cl.Cl.NC1CCC(C(=O)N2CCN(Cc3cccc4ccccc34)CC2)C1. The second-order valence-corrected chi connectivity index (χ2v) is 7.51. The van der Waals surface area contributed by atoms with E-state index < -0.39 is 0 Å². The summed E-state index contributed by atoms with van der Waals surface area (Å²) in [6.45, 7) is 4.55. The zero-order valence-corrected chi connectivity index (χ0v) is 17.2. The molecule has 0 spiro atoms. The number of amides is 1. The van der Waals surface area contributed by atoms with Crippen molar-refractivity contribution >= 4 is 41.5 Å². The van der Waals surface area contributed by atoms with Crippen LogP contribution in [0.25, 0.3) is 10.8 Å². The van der Waals surface area contributed by atoms with Crippen molar-refractivity contribution in [1.29, 1.82) is 0 Å². The third-order valence-electron chi connectivity index (χ3n) is 5.78. The number of rotatable bonds is 3. The molecule has 2 unspecified atom stereocenters. The zero-order valence-electron chi connectivity index (χ0n) is 15.5. The summed E-state index contributed by atoms with van der Waals surface area (Å²) >= 11 is 0. The van der Waals surface area contributed by atoms with E-state index in [1.54, 1.807) is 0 Å². The Morgan fingerprint density at radius 3 is 2.37 bits per heavy atom. The van der Waals surface area contributed by atoms with Crippen LogP contribution >= 0.6 is 24.8 Å². The summed E-state index contributed by atoms with van der Waals surface area (Å²) in [5.74, 6) is 0.498. The number of nitrogens with zero attached hydrogens (tertiary/aromatic N) is 2. The van der Waals surface area contributed by atoms with E-state index in [1.165, 1.54) is 16.3 Å². The molecule has 2 fully saturated rings. The number of hydrogen-bond donors (Lipinski definition) is 1. The van der Waals surface area contributed by atoms with Gasteiger partial charge in [-0.05, 0) is 35.6 Å². The molecule has 4 rings (SSSR count). The second kappa shape index (κ2) is 9.74. The molecule has 1 aliphatic carbocycles. The van der Waals surface area contributed by atoms with Crippen LogP contribution in [-0.2, 0) is 11.3 Å². The maximum Gasteiger partial charge on any atom is 0.225 e. The van der Waals surface area contributed by atoms with Gasteiger partial charge in [-0.2, -0.15) is 0 Å². The smallest absolute Gasteiger partial charge is 0.225 e.